The molecule has 2 aliphatic rings. The van der Waals surface area contributed by atoms with E-state index in [1.54, 1.807) is 0 Å². The van der Waals surface area contributed by atoms with Crippen LogP contribution in [0.3, 0.4) is 0 Å². The van der Waals surface area contributed by atoms with E-state index in [0.717, 1.165) is 11.3 Å². The largest absolute Gasteiger partial charge is 0.316 e. The van der Waals surface area contributed by atoms with E-state index >= 15 is 0 Å². The van der Waals surface area contributed by atoms with Crippen molar-refractivity contribution in [3.8, 4) is 0 Å². The Hall–Kier alpha value is 0.310. The van der Waals surface area contributed by atoms with Gasteiger partial charge in [-0.05, 0) is 55.2 Å². The van der Waals surface area contributed by atoms with Gasteiger partial charge in [0.05, 0.1) is 0 Å². The minimum absolute atomic E-state index is 0.733. The molecule has 1 atom stereocenters. The highest BCUT2D eigenvalue weighted by atomic mass is 32.2. The molecular formula is C10H19NS. The van der Waals surface area contributed by atoms with E-state index in [4.69, 9.17) is 0 Å². The van der Waals surface area contributed by atoms with Crippen molar-refractivity contribution in [1.29, 1.82) is 0 Å². The Kier molecular flexibility index (Phi) is 2.66. The van der Waals surface area contributed by atoms with E-state index in [1.807, 2.05) is 0 Å². The van der Waals surface area contributed by atoms with Crippen LogP contribution in [0, 0.1) is 11.3 Å². The van der Waals surface area contributed by atoms with Gasteiger partial charge >= 0.3 is 0 Å². The normalized spacial score (nSPS) is 35.2. The molecule has 2 saturated heterocycles. The first-order chi connectivity index (χ1) is 5.83. The Morgan fingerprint density at radius 1 is 1.25 bits per heavy atom. The third-order valence-corrected chi connectivity index (χ3v) is 4.77. The topological polar surface area (TPSA) is 12.0 Å². The molecule has 2 aliphatic heterocycles. The van der Waals surface area contributed by atoms with Gasteiger partial charge in [-0.25, -0.2) is 0 Å². The fourth-order valence-corrected chi connectivity index (χ4v) is 3.95. The summed E-state index contributed by atoms with van der Waals surface area (Å²) in [6.45, 7) is 4.95. The van der Waals surface area contributed by atoms with Gasteiger partial charge in [0.2, 0.25) is 0 Å². The Morgan fingerprint density at radius 2 is 2.00 bits per heavy atom. The molecule has 0 aromatic rings. The third kappa shape index (κ3) is 1.51. The smallest absolute Gasteiger partial charge is 0.00178 e. The van der Waals surface area contributed by atoms with Crippen molar-refractivity contribution < 1.29 is 0 Å². The minimum atomic E-state index is 0.733. The van der Waals surface area contributed by atoms with Crippen LogP contribution in [0.1, 0.15) is 26.2 Å². The molecule has 0 aromatic carbocycles. The number of nitrogens with one attached hydrogen (secondary N) is 1. The highest BCUT2D eigenvalue weighted by molar-refractivity contribution is 7.99. The van der Waals surface area contributed by atoms with E-state index in [9.17, 15) is 0 Å². The van der Waals surface area contributed by atoms with Gasteiger partial charge in [0, 0.05) is 0 Å². The second kappa shape index (κ2) is 3.59. The number of piperidine rings is 1. The van der Waals surface area contributed by atoms with Gasteiger partial charge in [-0.2, -0.15) is 11.8 Å². The van der Waals surface area contributed by atoms with Crippen LogP contribution in [0.2, 0.25) is 0 Å². The first-order valence-corrected chi connectivity index (χ1v) is 6.27. The number of rotatable bonds is 0. The second-order valence-electron chi connectivity index (χ2n) is 4.33. The van der Waals surface area contributed by atoms with Crippen molar-refractivity contribution in [2.45, 2.75) is 26.2 Å². The lowest BCUT2D eigenvalue weighted by atomic mass is 9.68. The predicted molar refractivity (Wildman–Crippen MR) is 55.6 cm³/mol. The van der Waals surface area contributed by atoms with Crippen molar-refractivity contribution in [2.24, 2.45) is 11.3 Å². The van der Waals surface area contributed by atoms with Crippen molar-refractivity contribution in [3.63, 3.8) is 0 Å². The minimum Gasteiger partial charge on any atom is -0.316 e. The van der Waals surface area contributed by atoms with Crippen molar-refractivity contribution in [1.82, 2.24) is 5.32 Å². The average molecular weight is 185 g/mol. The summed E-state index contributed by atoms with van der Waals surface area (Å²) in [5.41, 5.74) is 0.733. The van der Waals surface area contributed by atoms with Gasteiger partial charge in [-0.3, -0.25) is 0 Å². The maximum absolute atomic E-state index is 3.50. The maximum Gasteiger partial charge on any atom is -0.00178 e. The molecule has 2 fully saturated rings. The summed E-state index contributed by atoms with van der Waals surface area (Å²) in [7, 11) is 0. The van der Waals surface area contributed by atoms with E-state index in [2.05, 4.69) is 24.0 Å². The molecule has 2 rings (SSSR count). The number of hydrogen-bond donors (Lipinski definition) is 1. The summed E-state index contributed by atoms with van der Waals surface area (Å²) in [6, 6.07) is 0. The summed E-state index contributed by atoms with van der Waals surface area (Å²) in [4.78, 5) is 0. The summed E-state index contributed by atoms with van der Waals surface area (Å²) < 4.78 is 0. The summed E-state index contributed by atoms with van der Waals surface area (Å²) >= 11 is 2.14. The molecule has 2 heteroatoms. The van der Waals surface area contributed by atoms with Crippen molar-refractivity contribution in [3.05, 3.63) is 0 Å². The highest BCUT2D eigenvalue weighted by Gasteiger charge is 2.38. The molecule has 1 unspecified atom stereocenters. The Labute approximate surface area is 79.7 Å². The average Bonchev–Trinajstić information content (AvgIpc) is 2.12. The molecule has 1 nitrogen and oxygen atoms in total. The maximum atomic E-state index is 3.50. The lowest BCUT2D eigenvalue weighted by Gasteiger charge is -2.45. The molecule has 0 bridgehead atoms. The lowest BCUT2D eigenvalue weighted by Crippen LogP contribution is -2.45. The van der Waals surface area contributed by atoms with Gasteiger partial charge in [0.15, 0.2) is 0 Å². The fourth-order valence-electron chi connectivity index (χ4n) is 2.64. The van der Waals surface area contributed by atoms with Gasteiger partial charge < -0.3 is 5.32 Å². The fraction of sp³-hybridized carbons (Fsp3) is 1.00. The van der Waals surface area contributed by atoms with E-state index < -0.39 is 0 Å². The first-order valence-electron chi connectivity index (χ1n) is 5.12. The molecule has 0 aromatic heterocycles. The Balaban J connectivity index is 2.04. The number of hydrogen-bond acceptors (Lipinski definition) is 2. The van der Waals surface area contributed by atoms with Crippen LogP contribution in [0.5, 0.6) is 0 Å². The molecule has 0 amide bonds. The third-order valence-electron chi connectivity index (χ3n) is 3.78. The van der Waals surface area contributed by atoms with Crippen LogP contribution in [-0.4, -0.2) is 24.6 Å². The Bertz CT molecular complexity index is 144. The molecule has 0 aliphatic carbocycles. The van der Waals surface area contributed by atoms with Crippen molar-refractivity contribution >= 4 is 11.8 Å². The molecule has 0 radical (unpaired) electrons. The second-order valence-corrected chi connectivity index (χ2v) is 5.55. The van der Waals surface area contributed by atoms with Crippen molar-refractivity contribution in [2.75, 3.05) is 24.6 Å². The highest BCUT2D eigenvalue weighted by Crippen LogP contribution is 2.45. The van der Waals surface area contributed by atoms with Crippen LogP contribution >= 0.6 is 11.8 Å². The van der Waals surface area contributed by atoms with Gasteiger partial charge in [-0.1, -0.05) is 6.92 Å². The molecule has 1 N–H and O–H groups in total. The Morgan fingerprint density at radius 3 is 2.67 bits per heavy atom. The van der Waals surface area contributed by atoms with Gasteiger partial charge in [0.1, 0.15) is 0 Å². The zero-order chi connectivity index (χ0) is 8.44. The molecule has 12 heavy (non-hydrogen) atoms. The van der Waals surface area contributed by atoms with Crippen LogP contribution in [-0.2, 0) is 0 Å². The summed E-state index contributed by atoms with van der Waals surface area (Å²) in [6.07, 6.45) is 4.37. The van der Waals surface area contributed by atoms with E-state index in [0.29, 0.717) is 0 Å². The van der Waals surface area contributed by atoms with Gasteiger partial charge in [-0.15, -0.1) is 0 Å². The zero-order valence-corrected chi connectivity index (χ0v) is 8.75. The number of thioether (sulfide) groups is 1. The van der Waals surface area contributed by atoms with Crippen LogP contribution < -0.4 is 5.32 Å². The molecular weight excluding hydrogens is 166 g/mol. The molecule has 2 heterocycles. The lowest BCUT2D eigenvalue weighted by molar-refractivity contribution is 0.109. The standard InChI is InChI=1S/C10H19NS/c1-9-8-11-5-2-10(9)3-6-12-7-4-10/h9,11H,2-8H2,1H3. The van der Waals surface area contributed by atoms with Crippen LogP contribution in [0.4, 0.5) is 0 Å². The zero-order valence-electron chi connectivity index (χ0n) is 7.94. The summed E-state index contributed by atoms with van der Waals surface area (Å²) in [5, 5.41) is 3.50. The molecule has 0 saturated carbocycles. The van der Waals surface area contributed by atoms with Gasteiger partial charge in [0.25, 0.3) is 0 Å². The SMILES string of the molecule is CC1CNCCC12CCSCC2. The van der Waals surface area contributed by atoms with E-state index in [1.165, 1.54) is 43.9 Å². The molecule has 1 spiro atoms. The molecule has 70 valence electrons. The predicted octanol–water partition coefficient (Wildman–Crippen LogP) is 2.13. The first kappa shape index (κ1) is 8.89. The van der Waals surface area contributed by atoms with E-state index in [-0.39, 0.29) is 0 Å². The van der Waals surface area contributed by atoms with Crippen LogP contribution in [0.15, 0.2) is 0 Å². The summed E-state index contributed by atoms with van der Waals surface area (Å²) in [5.74, 6) is 3.72. The van der Waals surface area contributed by atoms with Crippen LogP contribution in [0.25, 0.3) is 0 Å². The quantitative estimate of drug-likeness (QED) is 0.620. The monoisotopic (exact) mass is 185 g/mol.